The predicted octanol–water partition coefficient (Wildman–Crippen LogP) is 5.02. The van der Waals surface area contributed by atoms with E-state index in [1.807, 2.05) is 10.7 Å². The summed E-state index contributed by atoms with van der Waals surface area (Å²) in [5.74, 6) is 0.840. The van der Waals surface area contributed by atoms with Crippen LogP contribution in [0.3, 0.4) is 0 Å². The molecule has 1 aromatic heterocycles. The molecule has 1 aromatic carbocycles. The number of hydrogen-bond donors (Lipinski definition) is 2. The maximum atomic E-state index is 13.3. The second-order valence-corrected chi connectivity index (χ2v) is 9.09. The van der Waals surface area contributed by atoms with Crippen molar-refractivity contribution in [3.63, 3.8) is 0 Å². The van der Waals surface area contributed by atoms with Crippen LogP contribution in [0.25, 0.3) is 0 Å². The Hall–Kier alpha value is -2.30. The Morgan fingerprint density at radius 1 is 1.21 bits per heavy atom. The molecule has 2 heterocycles. The summed E-state index contributed by atoms with van der Waals surface area (Å²) in [6, 6.07) is 10.6. The fourth-order valence-corrected chi connectivity index (χ4v) is 4.90. The Balaban J connectivity index is 1.63. The number of benzene rings is 1. The first-order valence-corrected chi connectivity index (χ1v) is 10.7. The van der Waals surface area contributed by atoms with E-state index in [-0.39, 0.29) is 23.0 Å². The average molecular weight is 381 g/mol. The molecule has 1 amide bonds. The fraction of sp³-hybridized carbons (Fsp3) is 0.565. The zero-order valence-electron chi connectivity index (χ0n) is 17.3. The molecule has 5 nitrogen and oxygen atoms in total. The van der Waals surface area contributed by atoms with E-state index in [0.29, 0.717) is 5.56 Å². The average Bonchev–Trinajstić information content (AvgIpc) is 3.14. The molecule has 28 heavy (non-hydrogen) atoms. The third-order valence-corrected chi connectivity index (χ3v) is 6.67. The third kappa shape index (κ3) is 3.43. The van der Waals surface area contributed by atoms with E-state index in [9.17, 15) is 4.79 Å². The maximum absolute atomic E-state index is 13.3. The van der Waals surface area contributed by atoms with Gasteiger partial charge in [-0.05, 0) is 45.1 Å². The lowest BCUT2D eigenvalue weighted by molar-refractivity contribution is 0.0865. The molecule has 2 aliphatic rings. The van der Waals surface area contributed by atoms with Crippen molar-refractivity contribution in [2.24, 2.45) is 0 Å². The minimum Gasteiger partial charge on any atom is -0.363 e. The summed E-state index contributed by atoms with van der Waals surface area (Å²) in [5, 5.41) is 11.6. The topological polar surface area (TPSA) is 59.0 Å². The largest absolute Gasteiger partial charge is 0.363 e. The van der Waals surface area contributed by atoms with E-state index in [1.54, 1.807) is 6.20 Å². The van der Waals surface area contributed by atoms with Crippen LogP contribution in [0.1, 0.15) is 87.7 Å². The van der Waals surface area contributed by atoms with Crippen LogP contribution in [0.4, 0.5) is 5.82 Å². The first-order chi connectivity index (χ1) is 13.4. The fourth-order valence-electron chi connectivity index (χ4n) is 4.90. The normalized spacial score (nSPS) is 22.8. The zero-order chi connectivity index (χ0) is 19.8. The standard InChI is InChI=1S/C23H32N4O/c1-4-23(13-9-6-10-14-23)26-21(28)18-16-24-27-20(18)25-19(15-22(27,2)3)17-11-7-5-8-12-17/h5,7-8,11-12,16,19,25H,4,6,9-10,13-15H2,1-3H3,(H,26,28). The number of anilines is 1. The molecular formula is C23H32N4O. The molecule has 0 saturated heterocycles. The summed E-state index contributed by atoms with van der Waals surface area (Å²) in [7, 11) is 0. The minimum atomic E-state index is -0.160. The highest BCUT2D eigenvalue weighted by atomic mass is 16.1. The van der Waals surface area contributed by atoms with Crippen molar-refractivity contribution in [1.82, 2.24) is 15.1 Å². The second-order valence-electron chi connectivity index (χ2n) is 9.09. The SMILES string of the molecule is CCC1(NC(=O)c2cnn3c2NC(c2ccccc2)CC3(C)C)CCCCC1. The molecule has 0 radical (unpaired) electrons. The monoisotopic (exact) mass is 380 g/mol. The van der Waals surface area contributed by atoms with Gasteiger partial charge in [0, 0.05) is 5.54 Å². The van der Waals surface area contributed by atoms with Gasteiger partial charge < -0.3 is 10.6 Å². The van der Waals surface area contributed by atoms with Gasteiger partial charge in [0.2, 0.25) is 0 Å². The number of aromatic nitrogens is 2. The molecule has 2 N–H and O–H groups in total. The van der Waals surface area contributed by atoms with Gasteiger partial charge in [-0.2, -0.15) is 5.10 Å². The Labute approximate surface area is 167 Å². The van der Waals surface area contributed by atoms with Crippen LogP contribution < -0.4 is 10.6 Å². The van der Waals surface area contributed by atoms with Gasteiger partial charge in [0.05, 0.1) is 17.8 Å². The summed E-state index contributed by atoms with van der Waals surface area (Å²) in [6.45, 7) is 6.57. The van der Waals surface area contributed by atoms with Crippen molar-refractivity contribution in [2.75, 3.05) is 5.32 Å². The van der Waals surface area contributed by atoms with Crippen LogP contribution in [-0.4, -0.2) is 21.2 Å². The maximum Gasteiger partial charge on any atom is 0.257 e. The molecule has 0 spiro atoms. The molecule has 1 unspecified atom stereocenters. The summed E-state index contributed by atoms with van der Waals surface area (Å²) in [6.07, 6.45) is 9.45. The first kappa shape index (κ1) is 19.0. The van der Waals surface area contributed by atoms with Crippen molar-refractivity contribution in [1.29, 1.82) is 0 Å². The number of carbonyl (C=O) groups excluding carboxylic acids is 1. The number of hydrogen-bond acceptors (Lipinski definition) is 3. The summed E-state index contributed by atoms with van der Waals surface area (Å²) < 4.78 is 1.99. The number of nitrogens with one attached hydrogen (secondary N) is 2. The molecule has 0 bridgehead atoms. The smallest absolute Gasteiger partial charge is 0.257 e. The van der Waals surface area contributed by atoms with Crippen LogP contribution in [0.2, 0.25) is 0 Å². The molecule has 1 fully saturated rings. The summed E-state index contributed by atoms with van der Waals surface area (Å²) >= 11 is 0. The predicted molar refractivity (Wildman–Crippen MR) is 113 cm³/mol. The van der Waals surface area contributed by atoms with Crippen LogP contribution in [-0.2, 0) is 5.54 Å². The summed E-state index contributed by atoms with van der Waals surface area (Å²) in [5.41, 5.74) is 1.68. The Morgan fingerprint density at radius 3 is 2.61 bits per heavy atom. The molecule has 1 aliphatic carbocycles. The van der Waals surface area contributed by atoms with E-state index in [2.05, 4.69) is 60.8 Å². The Kier molecular flexibility index (Phi) is 4.94. The van der Waals surface area contributed by atoms with Gasteiger partial charge in [-0.3, -0.25) is 4.79 Å². The van der Waals surface area contributed by atoms with Crippen LogP contribution in [0.15, 0.2) is 36.5 Å². The molecule has 4 rings (SSSR count). The molecule has 1 saturated carbocycles. The molecule has 1 aliphatic heterocycles. The van der Waals surface area contributed by atoms with Crippen molar-refractivity contribution >= 4 is 11.7 Å². The highest BCUT2D eigenvalue weighted by Gasteiger charge is 2.38. The van der Waals surface area contributed by atoms with Gasteiger partial charge in [-0.15, -0.1) is 0 Å². The van der Waals surface area contributed by atoms with Crippen LogP contribution in [0.5, 0.6) is 0 Å². The lowest BCUT2D eigenvalue weighted by Gasteiger charge is -2.39. The quantitative estimate of drug-likeness (QED) is 0.783. The Bertz CT molecular complexity index is 834. The number of fused-ring (bicyclic) bond motifs is 1. The van der Waals surface area contributed by atoms with Crippen LogP contribution >= 0.6 is 0 Å². The second kappa shape index (κ2) is 7.26. The highest BCUT2D eigenvalue weighted by Crippen LogP contribution is 2.40. The van der Waals surface area contributed by atoms with Gasteiger partial charge in [0.15, 0.2) is 0 Å². The molecule has 2 aromatic rings. The number of carbonyl (C=O) groups is 1. The lowest BCUT2D eigenvalue weighted by Crippen LogP contribution is -2.49. The van der Waals surface area contributed by atoms with Gasteiger partial charge in [0.25, 0.3) is 5.91 Å². The summed E-state index contributed by atoms with van der Waals surface area (Å²) in [4.78, 5) is 13.3. The minimum absolute atomic E-state index is 0.00186. The van der Waals surface area contributed by atoms with Gasteiger partial charge >= 0.3 is 0 Å². The van der Waals surface area contributed by atoms with Crippen LogP contribution in [0, 0.1) is 0 Å². The molecule has 5 heteroatoms. The third-order valence-electron chi connectivity index (χ3n) is 6.67. The molecular weight excluding hydrogens is 348 g/mol. The van der Waals surface area contributed by atoms with E-state index in [1.165, 1.54) is 24.8 Å². The lowest BCUT2D eigenvalue weighted by atomic mass is 9.79. The molecule has 150 valence electrons. The van der Waals surface area contributed by atoms with E-state index >= 15 is 0 Å². The number of rotatable bonds is 4. The number of nitrogens with zero attached hydrogens (tertiary/aromatic N) is 2. The zero-order valence-corrected chi connectivity index (χ0v) is 17.3. The van der Waals surface area contributed by atoms with Crippen molar-refractivity contribution in [2.45, 2.75) is 82.8 Å². The van der Waals surface area contributed by atoms with Gasteiger partial charge in [-0.1, -0.05) is 56.5 Å². The van der Waals surface area contributed by atoms with Crippen molar-refractivity contribution in [3.05, 3.63) is 47.7 Å². The highest BCUT2D eigenvalue weighted by molar-refractivity contribution is 5.99. The van der Waals surface area contributed by atoms with Crippen molar-refractivity contribution in [3.8, 4) is 0 Å². The van der Waals surface area contributed by atoms with Gasteiger partial charge in [0.1, 0.15) is 11.4 Å². The van der Waals surface area contributed by atoms with Gasteiger partial charge in [-0.25, -0.2) is 4.68 Å². The molecule has 1 atom stereocenters. The van der Waals surface area contributed by atoms with E-state index in [4.69, 9.17) is 0 Å². The first-order valence-electron chi connectivity index (χ1n) is 10.7. The van der Waals surface area contributed by atoms with E-state index in [0.717, 1.165) is 31.5 Å². The van der Waals surface area contributed by atoms with E-state index < -0.39 is 0 Å². The van der Waals surface area contributed by atoms with Crippen molar-refractivity contribution < 1.29 is 4.79 Å². The Morgan fingerprint density at radius 2 is 1.93 bits per heavy atom. The number of amides is 1.